The van der Waals surface area contributed by atoms with E-state index in [9.17, 15) is 18.0 Å². The Bertz CT molecular complexity index is 1190. The normalized spacial score (nSPS) is 13.3. The molecule has 0 atom stereocenters. The molecule has 9 heteroatoms. The van der Waals surface area contributed by atoms with Gasteiger partial charge in [0, 0.05) is 18.2 Å². The number of hydrogen-bond acceptors (Lipinski definition) is 5. The van der Waals surface area contributed by atoms with Crippen LogP contribution in [0.1, 0.15) is 16.1 Å². The van der Waals surface area contributed by atoms with Gasteiger partial charge in [-0.15, -0.1) is 0 Å². The number of rotatable bonds is 4. The minimum atomic E-state index is -1.15. The summed E-state index contributed by atoms with van der Waals surface area (Å²) in [5, 5.41) is 0. The van der Waals surface area contributed by atoms with E-state index in [4.69, 9.17) is 9.47 Å². The van der Waals surface area contributed by atoms with Crippen LogP contribution in [0.3, 0.4) is 0 Å². The average Bonchev–Trinajstić information content (AvgIpc) is 2.76. The standard InChI is InChI=1S/C22H18F3N3O3/c1-12-17(6-7-21(26-12)31-3)28-11-27(18-5-4-13(23)8-20(18)30-2)19-10-16(25)15(24)9-14(19)22(28)29/h4-10H,11H2,1-3H3. The Balaban J connectivity index is 1.91. The van der Waals surface area contributed by atoms with E-state index in [2.05, 4.69) is 4.98 Å². The van der Waals surface area contributed by atoms with Crippen LogP contribution < -0.4 is 19.3 Å². The molecule has 0 bridgehead atoms. The summed E-state index contributed by atoms with van der Waals surface area (Å²) in [4.78, 5) is 20.5. The maximum absolute atomic E-state index is 14.1. The molecule has 4 rings (SSSR count). The average molecular weight is 429 g/mol. The minimum absolute atomic E-state index is 0.0493. The summed E-state index contributed by atoms with van der Waals surface area (Å²) in [6.07, 6.45) is 0. The highest BCUT2D eigenvalue weighted by atomic mass is 19.2. The predicted octanol–water partition coefficient (Wildman–Crippen LogP) is 4.58. The van der Waals surface area contributed by atoms with Crippen LogP contribution in [-0.4, -0.2) is 31.8 Å². The zero-order valence-corrected chi connectivity index (χ0v) is 16.9. The first-order valence-electron chi connectivity index (χ1n) is 9.27. The Labute approximate surface area is 176 Å². The number of anilines is 3. The molecule has 1 aromatic heterocycles. The largest absolute Gasteiger partial charge is 0.494 e. The van der Waals surface area contributed by atoms with Crippen LogP contribution in [0.15, 0.2) is 42.5 Å². The van der Waals surface area contributed by atoms with Crippen molar-refractivity contribution in [2.24, 2.45) is 0 Å². The highest BCUT2D eigenvalue weighted by Crippen LogP contribution is 2.41. The molecule has 0 saturated heterocycles. The molecule has 2 heterocycles. The third-order valence-corrected chi connectivity index (χ3v) is 5.05. The molecule has 0 spiro atoms. The van der Waals surface area contributed by atoms with E-state index in [-0.39, 0.29) is 23.7 Å². The SMILES string of the molecule is COc1ccc(N2CN(c3ccc(F)cc3OC)c3cc(F)c(F)cc3C2=O)c(C)n1. The van der Waals surface area contributed by atoms with Gasteiger partial charge in [-0.25, -0.2) is 18.2 Å². The van der Waals surface area contributed by atoms with Crippen molar-refractivity contribution in [3.63, 3.8) is 0 Å². The van der Waals surface area contributed by atoms with Crippen molar-refractivity contribution in [3.8, 4) is 11.6 Å². The highest BCUT2D eigenvalue weighted by Gasteiger charge is 2.34. The number of hydrogen-bond donors (Lipinski definition) is 0. The fourth-order valence-electron chi connectivity index (χ4n) is 3.55. The number of aromatic nitrogens is 1. The topological polar surface area (TPSA) is 54.9 Å². The fourth-order valence-corrected chi connectivity index (χ4v) is 3.55. The van der Waals surface area contributed by atoms with Crippen LogP contribution in [-0.2, 0) is 0 Å². The summed E-state index contributed by atoms with van der Waals surface area (Å²) < 4.78 is 52.3. The number of halogens is 3. The summed E-state index contributed by atoms with van der Waals surface area (Å²) >= 11 is 0. The van der Waals surface area contributed by atoms with Crippen molar-refractivity contribution in [3.05, 3.63) is 71.2 Å². The zero-order chi connectivity index (χ0) is 22.3. The van der Waals surface area contributed by atoms with Crippen molar-refractivity contribution in [2.75, 3.05) is 30.7 Å². The first-order chi connectivity index (χ1) is 14.8. The van der Waals surface area contributed by atoms with Crippen LogP contribution in [0.5, 0.6) is 11.6 Å². The Kier molecular flexibility index (Phi) is 5.18. The molecule has 6 nitrogen and oxygen atoms in total. The second-order valence-electron chi connectivity index (χ2n) is 6.86. The molecule has 160 valence electrons. The molecule has 2 aromatic carbocycles. The number of pyridine rings is 1. The van der Waals surface area contributed by atoms with Gasteiger partial charge in [-0.05, 0) is 31.2 Å². The zero-order valence-electron chi connectivity index (χ0n) is 16.9. The van der Waals surface area contributed by atoms with E-state index in [1.807, 2.05) is 0 Å². The van der Waals surface area contributed by atoms with E-state index in [0.29, 0.717) is 22.9 Å². The molecule has 0 fully saturated rings. The van der Waals surface area contributed by atoms with Crippen molar-refractivity contribution in [1.29, 1.82) is 0 Å². The number of carbonyl (C=O) groups is 1. The number of fused-ring (bicyclic) bond motifs is 1. The van der Waals surface area contributed by atoms with Crippen LogP contribution >= 0.6 is 0 Å². The van der Waals surface area contributed by atoms with Gasteiger partial charge in [0.2, 0.25) is 5.88 Å². The smallest absolute Gasteiger partial charge is 0.262 e. The first-order valence-corrected chi connectivity index (χ1v) is 9.27. The molecule has 0 aliphatic carbocycles. The number of methoxy groups -OCH3 is 2. The lowest BCUT2D eigenvalue weighted by atomic mass is 10.1. The second-order valence-corrected chi connectivity index (χ2v) is 6.86. The Hall–Kier alpha value is -3.75. The number of nitrogens with zero attached hydrogens (tertiary/aromatic N) is 3. The van der Waals surface area contributed by atoms with Gasteiger partial charge in [0.05, 0.1) is 42.5 Å². The number of aryl methyl sites for hydroxylation is 1. The molecule has 1 aliphatic heterocycles. The van der Waals surface area contributed by atoms with Crippen molar-refractivity contribution >= 4 is 23.0 Å². The van der Waals surface area contributed by atoms with Crippen LogP contribution in [0.2, 0.25) is 0 Å². The summed E-state index contributed by atoms with van der Waals surface area (Å²) in [7, 11) is 2.85. The van der Waals surface area contributed by atoms with Gasteiger partial charge in [-0.2, -0.15) is 0 Å². The lowest BCUT2D eigenvalue weighted by Crippen LogP contribution is -2.45. The molecule has 31 heavy (non-hydrogen) atoms. The van der Waals surface area contributed by atoms with Gasteiger partial charge in [-0.3, -0.25) is 9.69 Å². The molecule has 0 saturated carbocycles. The Morgan fingerprint density at radius 1 is 0.871 bits per heavy atom. The Morgan fingerprint density at radius 3 is 2.26 bits per heavy atom. The molecule has 0 radical (unpaired) electrons. The lowest BCUT2D eigenvalue weighted by molar-refractivity contribution is 0.0982. The van der Waals surface area contributed by atoms with Gasteiger partial charge < -0.3 is 14.4 Å². The van der Waals surface area contributed by atoms with Crippen molar-refractivity contribution < 1.29 is 27.4 Å². The maximum atomic E-state index is 14.1. The number of amides is 1. The molecule has 0 unspecified atom stereocenters. The summed E-state index contributed by atoms with van der Waals surface area (Å²) in [5.41, 5.74) is 1.45. The molecular formula is C22H18F3N3O3. The van der Waals surface area contributed by atoms with E-state index < -0.39 is 23.4 Å². The quantitative estimate of drug-likeness (QED) is 0.608. The van der Waals surface area contributed by atoms with Crippen LogP contribution in [0.4, 0.5) is 30.2 Å². The van der Waals surface area contributed by atoms with Crippen LogP contribution in [0, 0.1) is 24.4 Å². The number of carbonyl (C=O) groups excluding carboxylic acids is 1. The van der Waals surface area contributed by atoms with Crippen molar-refractivity contribution in [1.82, 2.24) is 4.98 Å². The molecule has 3 aromatic rings. The second kappa shape index (κ2) is 7.82. The molecule has 1 aliphatic rings. The predicted molar refractivity (Wildman–Crippen MR) is 109 cm³/mol. The lowest BCUT2D eigenvalue weighted by Gasteiger charge is -2.38. The molecular weight excluding hydrogens is 411 g/mol. The Morgan fingerprint density at radius 2 is 1.58 bits per heavy atom. The summed E-state index contributed by atoms with van der Waals surface area (Å²) in [6.45, 7) is 1.64. The van der Waals surface area contributed by atoms with E-state index >= 15 is 0 Å². The summed E-state index contributed by atoms with van der Waals surface area (Å²) in [5.74, 6) is -2.75. The van der Waals surface area contributed by atoms with E-state index in [1.54, 1.807) is 24.0 Å². The number of ether oxygens (including phenoxy) is 2. The molecule has 0 N–H and O–H groups in total. The molecule has 1 amide bonds. The minimum Gasteiger partial charge on any atom is -0.494 e. The maximum Gasteiger partial charge on any atom is 0.262 e. The first kappa shape index (κ1) is 20.5. The van der Waals surface area contributed by atoms with Gasteiger partial charge in [0.1, 0.15) is 18.2 Å². The van der Waals surface area contributed by atoms with Gasteiger partial charge >= 0.3 is 0 Å². The van der Waals surface area contributed by atoms with Gasteiger partial charge in [0.25, 0.3) is 5.91 Å². The third-order valence-electron chi connectivity index (χ3n) is 5.05. The van der Waals surface area contributed by atoms with Crippen LogP contribution in [0.25, 0.3) is 0 Å². The van der Waals surface area contributed by atoms with E-state index in [1.165, 1.54) is 37.3 Å². The summed E-state index contributed by atoms with van der Waals surface area (Å²) in [6, 6.07) is 8.90. The van der Waals surface area contributed by atoms with Gasteiger partial charge in [-0.1, -0.05) is 0 Å². The fraction of sp³-hybridized carbons (Fsp3) is 0.182. The third kappa shape index (κ3) is 3.52. The highest BCUT2D eigenvalue weighted by molar-refractivity contribution is 6.12. The van der Waals surface area contributed by atoms with Crippen molar-refractivity contribution in [2.45, 2.75) is 6.92 Å². The van der Waals surface area contributed by atoms with Gasteiger partial charge in [0.15, 0.2) is 11.6 Å². The van der Waals surface area contributed by atoms with E-state index in [0.717, 1.165) is 12.1 Å². The number of benzene rings is 2. The monoisotopic (exact) mass is 429 g/mol.